The van der Waals surface area contributed by atoms with Crippen molar-refractivity contribution in [3.63, 3.8) is 0 Å². The van der Waals surface area contributed by atoms with E-state index < -0.39 is 24.8 Å². The molecule has 0 spiro atoms. The van der Waals surface area contributed by atoms with Crippen LogP contribution in [0.3, 0.4) is 0 Å². The van der Waals surface area contributed by atoms with Gasteiger partial charge in [-0.2, -0.15) is 0 Å². The summed E-state index contributed by atoms with van der Waals surface area (Å²) in [4.78, 5) is 12.1. The molecule has 0 N–H and O–H groups in total. The monoisotopic (exact) mass is 327 g/mol. The Balaban J connectivity index is 2.86. The van der Waals surface area contributed by atoms with Crippen LogP contribution in [0.1, 0.15) is 6.42 Å². The second-order valence-corrected chi connectivity index (χ2v) is 22.1. The van der Waals surface area contributed by atoms with Gasteiger partial charge in [-0.25, -0.2) is 0 Å². The van der Waals surface area contributed by atoms with Crippen LogP contribution in [0.2, 0.25) is 57.9 Å². The Labute approximate surface area is 127 Å². The van der Waals surface area contributed by atoms with Crippen LogP contribution in [0, 0.1) is 12.3 Å². The standard InChI is InChI=1S/C14H29NO2Si3/c1-9-13(12-14(16)17-18(2,3)4)15-19(5,6)10-11-20(15,7)8/h1,13H,10-12H2,2-8H3. The first-order valence-corrected chi connectivity index (χ1v) is 17.1. The minimum Gasteiger partial charge on any atom is -0.520 e. The molecule has 0 aromatic carbocycles. The predicted molar refractivity (Wildman–Crippen MR) is 93.1 cm³/mol. The quantitative estimate of drug-likeness (QED) is 0.585. The van der Waals surface area contributed by atoms with Crippen molar-refractivity contribution in [1.29, 1.82) is 0 Å². The highest BCUT2D eigenvalue weighted by molar-refractivity contribution is 6.95. The third kappa shape index (κ3) is 4.32. The van der Waals surface area contributed by atoms with Gasteiger partial charge < -0.3 is 8.66 Å². The summed E-state index contributed by atoms with van der Waals surface area (Å²) in [7, 11) is -4.74. The summed E-state index contributed by atoms with van der Waals surface area (Å²) in [6.45, 7) is 15.6. The Hall–Kier alpha value is -0.359. The van der Waals surface area contributed by atoms with Crippen molar-refractivity contribution in [1.82, 2.24) is 4.23 Å². The van der Waals surface area contributed by atoms with Crippen LogP contribution >= 0.6 is 0 Å². The van der Waals surface area contributed by atoms with Crippen molar-refractivity contribution in [2.24, 2.45) is 0 Å². The van der Waals surface area contributed by atoms with Gasteiger partial charge in [0.05, 0.1) is 12.5 Å². The minimum absolute atomic E-state index is 0.0651. The average Bonchev–Trinajstić information content (AvgIpc) is 2.43. The lowest BCUT2D eigenvalue weighted by molar-refractivity contribution is -0.135. The topological polar surface area (TPSA) is 29.5 Å². The molecule has 1 saturated heterocycles. The summed E-state index contributed by atoms with van der Waals surface area (Å²) >= 11 is 0. The van der Waals surface area contributed by atoms with Crippen molar-refractivity contribution >= 4 is 30.8 Å². The van der Waals surface area contributed by atoms with Crippen molar-refractivity contribution in [2.45, 2.75) is 70.4 Å². The molecule has 0 aliphatic carbocycles. The molecule has 1 rings (SSSR count). The SMILES string of the molecule is C#CC(CC(=O)O[Si](C)(C)C)N1[Si](C)(C)CC[Si]1(C)C. The molecule has 0 aromatic heterocycles. The zero-order chi connectivity index (χ0) is 15.8. The fraction of sp³-hybridized carbons (Fsp3) is 0.786. The van der Waals surface area contributed by atoms with E-state index in [4.69, 9.17) is 10.8 Å². The maximum absolute atomic E-state index is 12.1. The van der Waals surface area contributed by atoms with Crippen LogP contribution in [-0.2, 0) is 9.22 Å². The number of rotatable bonds is 4. The minimum atomic E-state index is -1.82. The van der Waals surface area contributed by atoms with Crippen molar-refractivity contribution < 1.29 is 9.22 Å². The maximum Gasteiger partial charge on any atom is 0.295 e. The molecule has 1 fully saturated rings. The largest absolute Gasteiger partial charge is 0.520 e. The number of carbonyl (C=O) groups is 1. The van der Waals surface area contributed by atoms with Gasteiger partial charge in [-0.3, -0.25) is 4.79 Å². The van der Waals surface area contributed by atoms with E-state index in [1.807, 2.05) is 19.6 Å². The number of hydrogen-bond acceptors (Lipinski definition) is 3. The lowest BCUT2D eigenvalue weighted by atomic mass is 10.2. The van der Waals surface area contributed by atoms with Crippen LogP contribution in [0.25, 0.3) is 0 Å². The summed E-state index contributed by atoms with van der Waals surface area (Å²) < 4.78 is 8.18. The van der Waals surface area contributed by atoms with Crippen molar-refractivity contribution in [3.8, 4) is 12.3 Å². The summed E-state index contributed by atoms with van der Waals surface area (Å²) in [6.07, 6.45) is 6.12. The number of nitrogens with zero attached hydrogens (tertiary/aromatic N) is 1. The zero-order valence-electron chi connectivity index (χ0n) is 14.0. The van der Waals surface area contributed by atoms with Crippen molar-refractivity contribution in [2.75, 3.05) is 0 Å². The molecule has 3 nitrogen and oxygen atoms in total. The van der Waals surface area contributed by atoms with E-state index in [-0.39, 0.29) is 12.0 Å². The Bertz CT molecular complexity index is 405. The molecule has 6 heteroatoms. The fourth-order valence-electron chi connectivity index (χ4n) is 3.28. The van der Waals surface area contributed by atoms with Gasteiger partial charge in [-0.05, 0) is 31.7 Å². The first kappa shape index (κ1) is 17.7. The molecule has 1 aliphatic heterocycles. The molecular weight excluding hydrogens is 298 g/mol. The first-order chi connectivity index (χ1) is 8.89. The van der Waals surface area contributed by atoms with Gasteiger partial charge in [0.15, 0.2) is 0 Å². The van der Waals surface area contributed by atoms with Gasteiger partial charge in [0.1, 0.15) is 16.5 Å². The Morgan fingerprint density at radius 3 is 2.05 bits per heavy atom. The highest BCUT2D eigenvalue weighted by Crippen LogP contribution is 2.39. The van der Waals surface area contributed by atoms with E-state index in [1.165, 1.54) is 12.1 Å². The van der Waals surface area contributed by atoms with Gasteiger partial charge in [-0.15, -0.1) is 6.42 Å². The molecule has 0 bridgehead atoms. The molecule has 1 atom stereocenters. The van der Waals surface area contributed by atoms with E-state index in [1.54, 1.807) is 0 Å². The maximum atomic E-state index is 12.1. The first-order valence-electron chi connectivity index (χ1n) is 7.36. The van der Waals surface area contributed by atoms with E-state index in [9.17, 15) is 4.79 Å². The average molecular weight is 328 g/mol. The molecule has 0 aromatic rings. The second-order valence-electron chi connectivity index (χ2n) is 7.97. The highest BCUT2D eigenvalue weighted by atomic mass is 28.4. The normalized spacial score (nSPS) is 23.1. The Morgan fingerprint density at radius 2 is 1.70 bits per heavy atom. The molecule has 0 amide bonds. The van der Waals surface area contributed by atoms with Crippen LogP contribution in [-0.4, -0.2) is 41.0 Å². The van der Waals surface area contributed by atoms with E-state index in [0.717, 1.165) is 0 Å². The zero-order valence-corrected chi connectivity index (χ0v) is 17.0. The molecule has 0 saturated carbocycles. The lowest BCUT2D eigenvalue weighted by Gasteiger charge is -2.42. The molecule has 1 aliphatic rings. The van der Waals surface area contributed by atoms with Crippen LogP contribution in [0.5, 0.6) is 0 Å². The smallest absolute Gasteiger partial charge is 0.295 e. The van der Waals surface area contributed by atoms with E-state index in [0.29, 0.717) is 6.42 Å². The van der Waals surface area contributed by atoms with E-state index in [2.05, 4.69) is 36.3 Å². The van der Waals surface area contributed by atoms with Gasteiger partial charge >= 0.3 is 0 Å². The predicted octanol–water partition coefficient (Wildman–Crippen LogP) is 3.48. The van der Waals surface area contributed by atoms with Gasteiger partial charge in [0.2, 0.25) is 8.32 Å². The fourth-order valence-corrected chi connectivity index (χ4v) is 18.7. The third-order valence-corrected chi connectivity index (χ3v) is 15.1. The molecule has 114 valence electrons. The van der Waals surface area contributed by atoms with Gasteiger partial charge in [0, 0.05) is 0 Å². The van der Waals surface area contributed by atoms with Crippen LogP contribution in [0.15, 0.2) is 0 Å². The molecular formula is C14H29NO2Si3. The summed E-state index contributed by atoms with van der Waals surface area (Å²) in [6, 6.07) is 2.53. The van der Waals surface area contributed by atoms with Gasteiger partial charge in [-0.1, -0.05) is 32.1 Å². The van der Waals surface area contributed by atoms with E-state index >= 15 is 0 Å². The number of hydrogen-bond donors (Lipinski definition) is 0. The molecule has 1 unspecified atom stereocenters. The molecule has 0 radical (unpaired) electrons. The summed E-state index contributed by atoms with van der Waals surface area (Å²) in [5, 5.41) is 0. The molecule has 1 heterocycles. The van der Waals surface area contributed by atoms with Crippen LogP contribution < -0.4 is 0 Å². The summed E-state index contributed by atoms with van der Waals surface area (Å²) in [5.74, 6) is 2.76. The second kappa shape index (κ2) is 5.79. The van der Waals surface area contributed by atoms with Crippen molar-refractivity contribution in [3.05, 3.63) is 0 Å². The Morgan fingerprint density at radius 1 is 1.25 bits per heavy atom. The summed E-state index contributed by atoms with van der Waals surface area (Å²) in [5.41, 5.74) is 0. The number of carbonyl (C=O) groups excluding carboxylic acids is 1. The Kier molecular flexibility index (Phi) is 5.13. The van der Waals surface area contributed by atoms with Crippen LogP contribution in [0.4, 0.5) is 0 Å². The highest BCUT2D eigenvalue weighted by Gasteiger charge is 2.50. The number of terminal acetylenes is 1. The van der Waals surface area contributed by atoms with Gasteiger partial charge in [0.25, 0.3) is 5.97 Å². The molecule has 20 heavy (non-hydrogen) atoms. The third-order valence-electron chi connectivity index (χ3n) is 3.94. The lowest BCUT2D eigenvalue weighted by Crippen LogP contribution is -2.59.